The van der Waals surface area contributed by atoms with Crippen molar-refractivity contribution in [2.45, 2.75) is 78.6 Å². The third-order valence-electron chi connectivity index (χ3n) is 9.98. The van der Waals surface area contributed by atoms with Gasteiger partial charge in [-0.25, -0.2) is 4.98 Å². The molecule has 0 bridgehead atoms. The number of imidazole rings is 1. The van der Waals surface area contributed by atoms with Gasteiger partial charge in [0.05, 0.1) is 28.0 Å². The van der Waals surface area contributed by atoms with Gasteiger partial charge in [0, 0.05) is 17.3 Å². The van der Waals surface area contributed by atoms with Gasteiger partial charge in [-0.2, -0.15) is 0 Å². The molecule has 0 amide bonds. The van der Waals surface area contributed by atoms with Crippen LogP contribution in [-0.4, -0.2) is 19.6 Å². The van der Waals surface area contributed by atoms with Gasteiger partial charge in [-0.1, -0.05) is 141 Å². The fraction of sp³-hybridized carbons (Fsp3) is 0.250. The number of phenols is 1. The summed E-state index contributed by atoms with van der Waals surface area (Å²) in [6.07, 6.45) is 1.89. The molecule has 0 radical (unpaired) electrons. The normalized spacial score (nSPS) is 12.4. The third-order valence-corrected chi connectivity index (χ3v) is 9.98. The van der Waals surface area contributed by atoms with E-state index < -0.39 is 0 Å². The Labute approximate surface area is 308 Å². The van der Waals surface area contributed by atoms with Crippen molar-refractivity contribution >= 4 is 11.0 Å². The highest BCUT2D eigenvalue weighted by Crippen LogP contribution is 2.45. The SMILES string of the molecule is CC(C)(C)c1cc(-c2cccc(-c3cc(-c4ccccc4)ccn3)c2)c2nc(-c3ccccc3O)n(-c3c(C(C)(C)C)cccc3C(C)(C)C)c2c1. The lowest BCUT2D eigenvalue weighted by Crippen LogP contribution is -2.22. The molecule has 0 aliphatic rings. The van der Waals surface area contributed by atoms with Crippen LogP contribution in [0.25, 0.3) is 61.6 Å². The van der Waals surface area contributed by atoms with Crippen molar-refractivity contribution in [2.75, 3.05) is 0 Å². The van der Waals surface area contributed by atoms with E-state index in [9.17, 15) is 5.11 Å². The predicted molar refractivity (Wildman–Crippen MR) is 218 cm³/mol. The van der Waals surface area contributed by atoms with Crippen LogP contribution in [0.5, 0.6) is 5.75 Å². The third kappa shape index (κ3) is 6.54. The average molecular weight is 684 g/mol. The molecule has 0 aliphatic heterocycles. The zero-order valence-corrected chi connectivity index (χ0v) is 31.9. The van der Waals surface area contributed by atoms with E-state index >= 15 is 0 Å². The molecule has 4 nitrogen and oxygen atoms in total. The number of nitrogens with zero attached hydrogens (tertiary/aromatic N) is 3. The van der Waals surface area contributed by atoms with Crippen LogP contribution in [0.1, 0.15) is 79.0 Å². The lowest BCUT2D eigenvalue weighted by Gasteiger charge is -2.31. The first-order chi connectivity index (χ1) is 24.6. The van der Waals surface area contributed by atoms with Crippen molar-refractivity contribution < 1.29 is 5.11 Å². The number of aromatic nitrogens is 3. The molecule has 0 spiro atoms. The van der Waals surface area contributed by atoms with Crippen molar-refractivity contribution in [3.8, 4) is 56.3 Å². The molecule has 0 saturated heterocycles. The maximum absolute atomic E-state index is 11.4. The first-order valence-corrected chi connectivity index (χ1v) is 18.2. The van der Waals surface area contributed by atoms with E-state index in [4.69, 9.17) is 9.97 Å². The predicted octanol–water partition coefficient (Wildman–Crippen LogP) is 12.7. The second-order valence-corrected chi connectivity index (χ2v) is 17.0. The Kier molecular flexibility index (Phi) is 8.69. The first kappa shape index (κ1) is 34.9. The number of hydrogen-bond acceptors (Lipinski definition) is 3. The molecule has 0 fully saturated rings. The topological polar surface area (TPSA) is 50.9 Å². The number of phenolic OH excluding ortho intramolecular Hbond substituents is 1. The maximum atomic E-state index is 11.4. The lowest BCUT2D eigenvalue weighted by molar-refractivity contribution is 0.477. The van der Waals surface area contributed by atoms with Crippen LogP contribution < -0.4 is 0 Å². The molecular formula is C48H49N3O. The van der Waals surface area contributed by atoms with E-state index in [0.29, 0.717) is 5.56 Å². The molecule has 0 atom stereocenters. The second-order valence-electron chi connectivity index (χ2n) is 17.0. The van der Waals surface area contributed by atoms with Gasteiger partial charge in [0.15, 0.2) is 0 Å². The largest absolute Gasteiger partial charge is 0.507 e. The van der Waals surface area contributed by atoms with E-state index in [1.165, 1.54) is 16.7 Å². The summed E-state index contributed by atoms with van der Waals surface area (Å²) in [7, 11) is 0. The molecule has 2 aromatic heterocycles. The molecule has 52 heavy (non-hydrogen) atoms. The standard InChI is InChI=1S/C48H49N3O/c1-46(2,3)35-29-37(33-19-15-20-34(27-33)40-28-32(25-26-49-40)31-17-11-10-12-18-31)43-41(30-35)51(45(50-43)36-21-13-14-24-42(36)52)44-38(47(4,5)6)22-16-23-39(44)48(7,8)9/h10-30,52H,1-9H3. The summed E-state index contributed by atoms with van der Waals surface area (Å²) < 4.78 is 2.33. The summed E-state index contributed by atoms with van der Waals surface area (Å²) in [4.78, 5) is 10.3. The fourth-order valence-corrected chi connectivity index (χ4v) is 7.14. The number of aromatic hydroxyl groups is 1. The zero-order valence-electron chi connectivity index (χ0n) is 31.9. The van der Waals surface area contributed by atoms with Crippen LogP contribution in [0.2, 0.25) is 0 Å². The molecule has 0 aliphatic carbocycles. The Balaban J connectivity index is 1.57. The molecule has 4 heteroatoms. The number of rotatable bonds is 5. The van der Waals surface area contributed by atoms with Gasteiger partial charge in [0.1, 0.15) is 11.6 Å². The van der Waals surface area contributed by atoms with Gasteiger partial charge in [-0.3, -0.25) is 9.55 Å². The molecule has 0 unspecified atom stereocenters. The molecule has 262 valence electrons. The zero-order chi connectivity index (χ0) is 37.0. The van der Waals surface area contributed by atoms with E-state index in [1.54, 1.807) is 6.07 Å². The first-order valence-electron chi connectivity index (χ1n) is 18.2. The van der Waals surface area contributed by atoms with Gasteiger partial charge in [-0.15, -0.1) is 0 Å². The number of para-hydroxylation sites is 2. The summed E-state index contributed by atoms with van der Waals surface area (Å²) in [5, 5.41) is 11.4. The van der Waals surface area contributed by atoms with Crippen LogP contribution in [-0.2, 0) is 16.2 Å². The summed E-state index contributed by atoms with van der Waals surface area (Å²) in [6.45, 7) is 20.4. The quantitative estimate of drug-likeness (QED) is 0.196. The van der Waals surface area contributed by atoms with Crippen LogP contribution in [0.4, 0.5) is 0 Å². The van der Waals surface area contributed by atoms with Crippen molar-refractivity contribution in [3.05, 3.63) is 144 Å². The minimum atomic E-state index is -0.163. The highest BCUT2D eigenvalue weighted by atomic mass is 16.3. The molecule has 7 aromatic rings. The van der Waals surface area contributed by atoms with Crippen molar-refractivity contribution in [2.24, 2.45) is 0 Å². The van der Waals surface area contributed by atoms with Crippen molar-refractivity contribution in [3.63, 3.8) is 0 Å². The van der Waals surface area contributed by atoms with Crippen LogP contribution in [0.3, 0.4) is 0 Å². The minimum Gasteiger partial charge on any atom is -0.507 e. The molecule has 0 saturated carbocycles. The minimum absolute atomic E-state index is 0.146. The molecule has 7 rings (SSSR count). The van der Waals surface area contributed by atoms with Gasteiger partial charge >= 0.3 is 0 Å². The highest BCUT2D eigenvalue weighted by molar-refractivity contribution is 5.98. The molecule has 1 N–H and O–H groups in total. The summed E-state index contributed by atoms with van der Waals surface area (Å²) in [6, 6.07) is 42.2. The maximum Gasteiger partial charge on any atom is 0.149 e. The van der Waals surface area contributed by atoms with Gasteiger partial charge in [0.2, 0.25) is 0 Å². The highest BCUT2D eigenvalue weighted by Gasteiger charge is 2.31. The Morgan fingerprint density at radius 2 is 1.13 bits per heavy atom. The molecule has 5 aromatic carbocycles. The van der Waals surface area contributed by atoms with E-state index in [-0.39, 0.29) is 22.0 Å². The fourth-order valence-electron chi connectivity index (χ4n) is 7.14. The van der Waals surface area contributed by atoms with Gasteiger partial charge in [-0.05, 0) is 92.1 Å². The monoisotopic (exact) mass is 683 g/mol. The second kappa shape index (κ2) is 12.9. The molecule has 2 heterocycles. The van der Waals surface area contributed by atoms with Crippen molar-refractivity contribution in [1.29, 1.82) is 0 Å². The van der Waals surface area contributed by atoms with Crippen LogP contribution in [0, 0.1) is 0 Å². The van der Waals surface area contributed by atoms with Crippen molar-refractivity contribution in [1.82, 2.24) is 14.5 Å². The van der Waals surface area contributed by atoms with E-state index in [0.717, 1.165) is 56.1 Å². The average Bonchev–Trinajstić information content (AvgIpc) is 3.49. The molecular weight excluding hydrogens is 635 g/mol. The number of fused-ring (bicyclic) bond motifs is 1. The Morgan fingerprint density at radius 3 is 1.79 bits per heavy atom. The van der Waals surface area contributed by atoms with Gasteiger partial charge < -0.3 is 5.11 Å². The Morgan fingerprint density at radius 1 is 0.519 bits per heavy atom. The number of hydrogen-bond donors (Lipinski definition) is 1. The van der Waals surface area contributed by atoms with E-state index in [1.807, 2.05) is 30.5 Å². The summed E-state index contributed by atoms with van der Waals surface area (Å²) >= 11 is 0. The summed E-state index contributed by atoms with van der Waals surface area (Å²) in [5.74, 6) is 0.921. The smallest absolute Gasteiger partial charge is 0.149 e. The Bertz CT molecular complexity index is 2380. The lowest BCUT2D eigenvalue weighted by atomic mass is 9.78. The van der Waals surface area contributed by atoms with Gasteiger partial charge in [0.25, 0.3) is 0 Å². The number of pyridine rings is 1. The number of benzene rings is 5. The van der Waals surface area contributed by atoms with E-state index in [2.05, 4.69) is 158 Å². The van der Waals surface area contributed by atoms with Crippen LogP contribution in [0.15, 0.2) is 128 Å². The van der Waals surface area contributed by atoms with Crippen LogP contribution >= 0.6 is 0 Å². The Hall–Kier alpha value is -5.48. The summed E-state index contributed by atoms with van der Waals surface area (Å²) in [5.41, 5.74) is 13.3.